The lowest BCUT2D eigenvalue weighted by Crippen LogP contribution is -2.54. The average Bonchev–Trinajstić information content (AvgIpc) is 2.99. The smallest absolute Gasteiger partial charge is 0.243 e. The summed E-state index contributed by atoms with van der Waals surface area (Å²) in [4.78, 5) is 14.8. The number of fused-ring (bicyclic) bond motifs is 1. The van der Waals surface area contributed by atoms with Crippen LogP contribution in [0, 0.1) is 11.3 Å². The van der Waals surface area contributed by atoms with Crippen molar-refractivity contribution in [3.8, 4) is 6.07 Å². The number of hydrogen-bond acceptors (Lipinski definition) is 3. The van der Waals surface area contributed by atoms with Crippen LogP contribution in [-0.4, -0.2) is 24.0 Å². The molecule has 2 aliphatic rings. The van der Waals surface area contributed by atoms with Gasteiger partial charge in [-0.15, -0.1) is 0 Å². The number of anilines is 1. The molecule has 1 N–H and O–H groups in total. The fraction of sp³-hybridized carbons (Fsp3) is 0.556. The number of carbonyl (C=O) groups is 1. The van der Waals surface area contributed by atoms with Crippen LogP contribution in [-0.2, 0) is 11.2 Å². The van der Waals surface area contributed by atoms with Crippen molar-refractivity contribution in [3.05, 3.63) is 29.8 Å². The van der Waals surface area contributed by atoms with Crippen LogP contribution >= 0.6 is 0 Å². The number of hydrogen-bond donors (Lipinski definition) is 1. The van der Waals surface area contributed by atoms with E-state index < -0.39 is 5.54 Å². The highest BCUT2D eigenvalue weighted by atomic mass is 16.2. The van der Waals surface area contributed by atoms with E-state index in [1.54, 1.807) is 0 Å². The summed E-state index contributed by atoms with van der Waals surface area (Å²) >= 11 is 0. The molecule has 0 aromatic heterocycles. The summed E-state index contributed by atoms with van der Waals surface area (Å²) in [6.07, 6.45) is 5.74. The standard InChI is InChI=1S/C18H23N3O/c1-14(21-12-9-15-7-3-4-8-16(15)21)17(22)20-18(13-19)10-5-2-6-11-18/h3-4,7-8,14H,2,5-6,9-12H2,1H3,(H,20,22). The topological polar surface area (TPSA) is 56.1 Å². The van der Waals surface area contributed by atoms with Crippen molar-refractivity contribution in [1.82, 2.24) is 5.32 Å². The van der Waals surface area contributed by atoms with Crippen LogP contribution in [0.1, 0.15) is 44.6 Å². The van der Waals surface area contributed by atoms with E-state index >= 15 is 0 Å². The van der Waals surface area contributed by atoms with Crippen LogP contribution in [0.3, 0.4) is 0 Å². The molecule has 1 atom stereocenters. The van der Waals surface area contributed by atoms with Crippen molar-refractivity contribution in [2.45, 2.75) is 57.0 Å². The average molecular weight is 297 g/mol. The minimum absolute atomic E-state index is 0.0276. The SMILES string of the molecule is CC(C(=O)NC1(C#N)CCCCC1)N1CCc2ccccc21. The Balaban J connectivity index is 1.72. The van der Waals surface area contributed by atoms with Crippen LogP contribution in [0.4, 0.5) is 5.69 Å². The number of benzene rings is 1. The Labute approximate surface area is 132 Å². The van der Waals surface area contributed by atoms with Crippen molar-refractivity contribution in [1.29, 1.82) is 5.26 Å². The Hall–Kier alpha value is -2.02. The highest BCUT2D eigenvalue weighted by Gasteiger charge is 2.36. The Bertz CT molecular complexity index is 599. The van der Waals surface area contributed by atoms with Crippen LogP contribution in [0.15, 0.2) is 24.3 Å². The number of nitriles is 1. The predicted octanol–water partition coefficient (Wildman–Crippen LogP) is 2.78. The van der Waals surface area contributed by atoms with Gasteiger partial charge < -0.3 is 10.2 Å². The molecule has 1 unspecified atom stereocenters. The van der Waals surface area contributed by atoms with Gasteiger partial charge in [-0.1, -0.05) is 37.5 Å². The van der Waals surface area contributed by atoms with Crippen LogP contribution in [0.25, 0.3) is 0 Å². The van der Waals surface area contributed by atoms with Gasteiger partial charge in [0, 0.05) is 12.2 Å². The van der Waals surface area contributed by atoms with Gasteiger partial charge in [0.25, 0.3) is 0 Å². The van der Waals surface area contributed by atoms with Gasteiger partial charge in [0.1, 0.15) is 11.6 Å². The molecular weight excluding hydrogens is 274 g/mol. The van der Waals surface area contributed by atoms with Crippen molar-refractivity contribution in [3.63, 3.8) is 0 Å². The lowest BCUT2D eigenvalue weighted by molar-refractivity contribution is -0.123. The molecule has 116 valence electrons. The third-order valence-electron chi connectivity index (χ3n) is 5.05. The summed E-state index contributed by atoms with van der Waals surface area (Å²) in [5.41, 5.74) is 1.80. The number of carbonyl (C=O) groups excluding carboxylic acids is 1. The fourth-order valence-corrected chi connectivity index (χ4v) is 3.67. The zero-order chi connectivity index (χ0) is 15.6. The molecule has 1 aliphatic heterocycles. The van der Waals surface area contributed by atoms with E-state index in [9.17, 15) is 10.1 Å². The highest BCUT2D eigenvalue weighted by molar-refractivity contribution is 5.86. The molecule has 0 saturated heterocycles. The number of rotatable bonds is 3. The third-order valence-corrected chi connectivity index (χ3v) is 5.05. The maximum Gasteiger partial charge on any atom is 0.243 e. The maximum atomic E-state index is 12.7. The summed E-state index contributed by atoms with van der Waals surface area (Å²) in [7, 11) is 0. The van der Waals surface area contributed by atoms with Crippen LogP contribution < -0.4 is 10.2 Å². The van der Waals surface area contributed by atoms with Gasteiger partial charge in [0.05, 0.1) is 6.07 Å². The molecule has 22 heavy (non-hydrogen) atoms. The third kappa shape index (κ3) is 2.68. The zero-order valence-corrected chi connectivity index (χ0v) is 13.1. The molecule has 1 aliphatic carbocycles. The van der Waals surface area contributed by atoms with Crippen molar-refractivity contribution >= 4 is 11.6 Å². The molecule has 1 fully saturated rings. The van der Waals surface area contributed by atoms with Gasteiger partial charge in [-0.05, 0) is 37.8 Å². The summed E-state index contributed by atoms with van der Waals surface area (Å²) in [5, 5.41) is 12.6. The quantitative estimate of drug-likeness (QED) is 0.933. The van der Waals surface area contributed by atoms with E-state index in [1.165, 1.54) is 5.56 Å². The van der Waals surface area contributed by atoms with Crippen LogP contribution in [0.2, 0.25) is 0 Å². The number of amides is 1. The molecule has 4 heteroatoms. The predicted molar refractivity (Wildman–Crippen MR) is 86.5 cm³/mol. The fourth-order valence-electron chi connectivity index (χ4n) is 3.67. The van der Waals surface area contributed by atoms with E-state index in [2.05, 4.69) is 28.4 Å². The first-order chi connectivity index (χ1) is 10.7. The lowest BCUT2D eigenvalue weighted by atomic mass is 9.82. The van der Waals surface area contributed by atoms with Crippen molar-refractivity contribution in [2.75, 3.05) is 11.4 Å². The summed E-state index contributed by atoms with van der Waals surface area (Å²) in [5.74, 6) is -0.0276. The number of nitrogens with one attached hydrogen (secondary N) is 1. The first-order valence-electron chi connectivity index (χ1n) is 8.23. The van der Waals surface area contributed by atoms with Crippen molar-refractivity contribution < 1.29 is 4.79 Å². The molecule has 1 amide bonds. The normalized spacial score (nSPS) is 20.8. The van der Waals surface area contributed by atoms with E-state index in [0.29, 0.717) is 0 Å². The second kappa shape index (κ2) is 6.00. The second-order valence-corrected chi connectivity index (χ2v) is 6.49. The Morgan fingerprint density at radius 3 is 2.77 bits per heavy atom. The molecule has 1 aromatic rings. The minimum atomic E-state index is -0.650. The second-order valence-electron chi connectivity index (χ2n) is 6.49. The molecule has 0 radical (unpaired) electrons. The number of nitrogens with zero attached hydrogens (tertiary/aromatic N) is 2. The highest BCUT2D eigenvalue weighted by Crippen LogP contribution is 2.31. The maximum absolute atomic E-state index is 12.7. The Kier molecular flexibility index (Phi) is 4.06. The van der Waals surface area contributed by atoms with Gasteiger partial charge in [-0.25, -0.2) is 0 Å². The van der Waals surface area contributed by atoms with Gasteiger partial charge in [0.2, 0.25) is 5.91 Å². The van der Waals surface area contributed by atoms with Gasteiger partial charge >= 0.3 is 0 Å². The van der Waals surface area contributed by atoms with Gasteiger partial charge in [0.15, 0.2) is 0 Å². The molecule has 1 aromatic carbocycles. The minimum Gasteiger partial charge on any atom is -0.359 e. The number of para-hydroxylation sites is 1. The molecular formula is C18H23N3O. The van der Waals surface area contributed by atoms with Crippen molar-refractivity contribution in [2.24, 2.45) is 0 Å². The zero-order valence-electron chi connectivity index (χ0n) is 13.1. The molecule has 1 saturated carbocycles. The largest absolute Gasteiger partial charge is 0.359 e. The van der Waals surface area contributed by atoms with E-state index in [-0.39, 0.29) is 11.9 Å². The van der Waals surface area contributed by atoms with E-state index in [1.807, 2.05) is 19.1 Å². The molecule has 1 heterocycles. The van der Waals surface area contributed by atoms with Gasteiger partial charge in [-0.3, -0.25) is 4.79 Å². The van der Waals surface area contributed by atoms with E-state index in [4.69, 9.17) is 0 Å². The first-order valence-corrected chi connectivity index (χ1v) is 8.23. The summed E-state index contributed by atoms with van der Waals surface area (Å²) in [6.45, 7) is 2.80. The molecule has 0 spiro atoms. The van der Waals surface area contributed by atoms with Crippen LogP contribution in [0.5, 0.6) is 0 Å². The van der Waals surface area contributed by atoms with Gasteiger partial charge in [-0.2, -0.15) is 5.26 Å². The Morgan fingerprint density at radius 2 is 2.05 bits per heavy atom. The Morgan fingerprint density at radius 1 is 1.32 bits per heavy atom. The molecule has 0 bridgehead atoms. The first kappa shape index (κ1) is 14.9. The molecule has 3 rings (SSSR count). The summed E-state index contributed by atoms with van der Waals surface area (Å²) < 4.78 is 0. The monoisotopic (exact) mass is 297 g/mol. The molecule has 4 nitrogen and oxygen atoms in total. The lowest BCUT2D eigenvalue weighted by Gasteiger charge is -2.34. The van der Waals surface area contributed by atoms with E-state index in [0.717, 1.165) is 50.8 Å². The summed E-state index contributed by atoms with van der Waals surface area (Å²) in [6, 6.07) is 10.4.